The summed E-state index contributed by atoms with van der Waals surface area (Å²) in [4.78, 5) is 20.2. The smallest absolute Gasteiger partial charge is 0.315 e. The second-order valence-electron chi connectivity index (χ2n) is 5.83. The normalized spacial score (nSPS) is 12.2. The number of nitrogens with one attached hydrogen (secondary N) is 2. The maximum Gasteiger partial charge on any atom is 0.315 e. The van der Waals surface area contributed by atoms with Crippen molar-refractivity contribution in [2.75, 3.05) is 6.61 Å². The van der Waals surface area contributed by atoms with E-state index in [1.54, 1.807) is 23.3 Å². The Hall–Kier alpha value is -2.41. The van der Waals surface area contributed by atoms with Crippen molar-refractivity contribution in [2.24, 2.45) is 5.92 Å². The van der Waals surface area contributed by atoms with E-state index in [1.807, 2.05) is 18.3 Å². The lowest BCUT2D eigenvalue weighted by molar-refractivity contribution is 0.206. The maximum atomic E-state index is 11.9. The Kier molecular flexibility index (Phi) is 6.10. The molecule has 7 nitrogen and oxygen atoms in total. The highest BCUT2D eigenvalue weighted by molar-refractivity contribution is 5.74. The van der Waals surface area contributed by atoms with Gasteiger partial charge in [0, 0.05) is 25.1 Å². The molecule has 0 radical (unpaired) electrons. The highest BCUT2D eigenvalue weighted by Crippen LogP contribution is 2.07. The fourth-order valence-corrected chi connectivity index (χ4v) is 2.27. The van der Waals surface area contributed by atoms with Crippen LogP contribution in [0.25, 0.3) is 5.82 Å². The zero-order chi connectivity index (χ0) is 16.7. The second kappa shape index (κ2) is 8.28. The van der Waals surface area contributed by atoms with Crippen molar-refractivity contribution in [3.05, 3.63) is 42.6 Å². The molecule has 2 rings (SSSR count). The van der Waals surface area contributed by atoms with Gasteiger partial charge in [-0.25, -0.2) is 14.8 Å². The molecule has 0 saturated heterocycles. The van der Waals surface area contributed by atoms with Crippen LogP contribution < -0.4 is 10.6 Å². The van der Waals surface area contributed by atoms with Crippen molar-refractivity contribution >= 4 is 6.03 Å². The van der Waals surface area contributed by atoms with Gasteiger partial charge in [0.05, 0.1) is 12.6 Å². The lowest BCUT2D eigenvalue weighted by Crippen LogP contribution is -2.44. The highest BCUT2D eigenvalue weighted by Gasteiger charge is 2.12. The number of hydrogen-bond donors (Lipinski definition) is 3. The molecule has 23 heavy (non-hydrogen) atoms. The van der Waals surface area contributed by atoms with E-state index in [4.69, 9.17) is 0 Å². The number of carbonyl (C=O) groups is 1. The van der Waals surface area contributed by atoms with Crippen LogP contribution in [0.2, 0.25) is 0 Å². The quantitative estimate of drug-likeness (QED) is 0.721. The number of aromatic nitrogens is 3. The minimum atomic E-state index is -0.286. The molecule has 0 unspecified atom stereocenters. The highest BCUT2D eigenvalue weighted by atomic mass is 16.3. The van der Waals surface area contributed by atoms with Crippen molar-refractivity contribution in [3.63, 3.8) is 0 Å². The van der Waals surface area contributed by atoms with Crippen LogP contribution in [0.4, 0.5) is 4.79 Å². The van der Waals surface area contributed by atoms with Crippen molar-refractivity contribution in [1.82, 2.24) is 25.2 Å². The van der Waals surface area contributed by atoms with Gasteiger partial charge in [0.25, 0.3) is 0 Å². The van der Waals surface area contributed by atoms with Gasteiger partial charge in [-0.1, -0.05) is 13.8 Å². The number of aliphatic hydroxyl groups excluding tert-OH is 1. The number of nitrogens with zero attached hydrogens (tertiary/aromatic N) is 3. The van der Waals surface area contributed by atoms with Crippen molar-refractivity contribution in [3.8, 4) is 5.82 Å². The number of amides is 2. The Bertz CT molecular complexity index is 613. The van der Waals surface area contributed by atoms with Gasteiger partial charge in [-0.2, -0.15) is 0 Å². The summed E-state index contributed by atoms with van der Waals surface area (Å²) in [5, 5.41) is 14.9. The minimum Gasteiger partial charge on any atom is -0.394 e. The molecule has 0 saturated carbocycles. The van der Waals surface area contributed by atoms with Gasteiger partial charge in [-0.05, 0) is 30.0 Å². The number of rotatable bonds is 7. The molecule has 0 spiro atoms. The SMILES string of the molecule is CC(C)C[C@@H](CO)NC(=O)NCc1ccnc(-n2ccnc2)c1. The Morgan fingerprint density at radius 3 is 2.87 bits per heavy atom. The third kappa shape index (κ3) is 5.37. The van der Waals surface area contributed by atoms with Crippen molar-refractivity contribution < 1.29 is 9.90 Å². The number of carbonyl (C=O) groups excluding carboxylic acids is 1. The third-order valence-electron chi connectivity index (χ3n) is 3.34. The second-order valence-corrected chi connectivity index (χ2v) is 5.83. The Balaban J connectivity index is 1.88. The van der Waals surface area contributed by atoms with E-state index in [1.165, 1.54) is 0 Å². The molecule has 0 aliphatic rings. The Labute approximate surface area is 135 Å². The fourth-order valence-electron chi connectivity index (χ4n) is 2.27. The van der Waals surface area contributed by atoms with Crippen LogP contribution in [-0.4, -0.2) is 38.3 Å². The van der Waals surface area contributed by atoms with Crippen LogP contribution in [0, 0.1) is 5.92 Å². The van der Waals surface area contributed by atoms with Gasteiger partial charge in [0.2, 0.25) is 0 Å². The topological polar surface area (TPSA) is 92.1 Å². The summed E-state index contributed by atoms with van der Waals surface area (Å²) in [6, 6.07) is 3.22. The van der Waals surface area contributed by atoms with E-state index in [9.17, 15) is 9.90 Å². The summed E-state index contributed by atoms with van der Waals surface area (Å²) < 4.78 is 1.80. The predicted octanol–water partition coefficient (Wildman–Crippen LogP) is 1.47. The van der Waals surface area contributed by atoms with E-state index in [0.717, 1.165) is 17.8 Å². The first-order valence-electron chi connectivity index (χ1n) is 7.67. The zero-order valence-corrected chi connectivity index (χ0v) is 13.4. The van der Waals surface area contributed by atoms with Crippen molar-refractivity contribution in [2.45, 2.75) is 32.9 Å². The van der Waals surface area contributed by atoms with Crippen LogP contribution in [0.5, 0.6) is 0 Å². The average molecular weight is 317 g/mol. The van der Waals surface area contributed by atoms with Crippen molar-refractivity contribution in [1.29, 1.82) is 0 Å². The lowest BCUT2D eigenvalue weighted by atomic mass is 10.0. The number of hydrogen-bond acceptors (Lipinski definition) is 4. The standard InChI is InChI=1S/C16H23N5O2/c1-12(2)7-14(10-22)20-16(23)19-9-13-3-4-18-15(8-13)21-6-5-17-11-21/h3-6,8,11-12,14,22H,7,9-10H2,1-2H3,(H2,19,20,23)/t14-/m0/s1. The molecule has 2 aromatic rings. The van der Waals surface area contributed by atoms with Gasteiger partial charge in [0.15, 0.2) is 0 Å². The van der Waals surface area contributed by atoms with Crippen LogP contribution in [0.1, 0.15) is 25.8 Å². The monoisotopic (exact) mass is 317 g/mol. The molecular weight excluding hydrogens is 294 g/mol. The predicted molar refractivity (Wildman–Crippen MR) is 87.1 cm³/mol. The maximum absolute atomic E-state index is 11.9. The van der Waals surface area contributed by atoms with Gasteiger partial charge in [-0.15, -0.1) is 0 Å². The summed E-state index contributed by atoms with van der Waals surface area (Å²) >= 11 is 0. The molecule has 3 N–H and O–H groups in total. The molecule has 124 valence electrons. The molecule has 0 aliphatic heterocycles. The van der Waals surface area contributed by atoms with Gasteiger partial charge in [0.1, 0.15) is 12.1 Å². The van der Waals surface area contributed by atoms with E-state index < -0.39 is 0 Å². The number of imidazole rings is 1. The molecule has 2 amide bonds. The fraction of sp³-hybridized carbons (Fsp3) is 0.438. The molecular formula is C16H23N5O2. The van der Waals surface area contributed by atoms with E-state index in [-0.39, 0.29) is 18.7 Å². The Morgan fingerprint density at radius 1 is 1.39 bits per heavy atom. The largest absolute Gasteiger partial charge is 0.394 e. The minimum absolute atomic E-state index is 0.0639. The lowest BCUT2D eigenvalue weighted by Gasteiger charge is -2.18. The summed E-state index contributed by atoms with van der Waals surface area (Å²) in [6.45, 7) is 4.43. The molecule has 0 aromatic carbocycles. The first-order valence-corrected chi connectivity index (χ1v) is 7.67. The molecule has 1 atom stereocenters. The van der Waals surface area contributed by atoms with Crippen LogP contribution >= 0.6 is 0 Å². The molecule has 2 aromatic heterocycles. The molecule has 0 fully saturated rings. The van der Waals surface area contributed by atoms with Gasteiger partial charge >= 0.3 is 6.03 Å². The van der Waals surface area contributed by atoms with Gasteiger partial charge in [-0.3, -0.25) is 4.57 Å². The summed E-state index contributed by atoms with van der Waals surface area (Å²) in [6.07, 6.45) is 7.60. The summed E-state index contributed by atoms with van der Waals surface area (Å²) in [5.74, 6) is 1.15. The Morgan fingerprint density at radius 2 is 2.22 bits per heavy atom. The van der Waals surface area contributed by atoms with E-state index in [2.05, 4.69) is 34.4 Å². The van der Waals surface area contributed by atoms with Gasteiger partial charge < -0.3 is 15.7 Å². The molecule has 0 aliphatic carbocycles. The summed E-state index contributed by atoms with van der Waals surface area (Å²) in [7, 11) is 0. The number of pyridine rings is 1. The molecule has 0 bridgehead atoms. The number of aliphatic hydroxyl groups is 1. The number of urea groups is 1. The third-order valence-corrected chi connectivity index (χ3v) is 3.34. The summed E-state index contributed by atoms with van der Waals surface area (Å²) in [5.41, 5.74) is 0.934. The van der Waals surface area contributed by atoms with E-state index >= 15 is 0 Å². The first-order chi connectivity index (χ1) is 11.1. The van der Waals surface area contributed by atoms with E-state index in [0.29, 0.717) is 12.5 Å². The van der Waals surface area contributed by atoms with Crippen LogP contribution in [0.15, 0.2) is 37.1 Å². The molecule has 7 heteroatoms. The first kappa shape index (κ1) is 17.0. The van der Waals surface area contributed by atoms with Crippen LogP contribution in [-0.2, 0) is 6.54 Å². The zero-order valence-electron chi connectivity index (χ0n) is 13.4. The molecule has 2 heterocycles. The van der Waals surface area contributed by atoms with Crippen LogP contribution in [0.3, 0.4) is 0 Å². The average Bonchev–Trinajstić information content (AvgIpc) is 3.06.